The molecule has 0 unspecified atom stereocenters. The average molecular weight is 326 g/mol. The van der Waals surface area contributed by atoms with E-state index in [0.29, 0.717) is 11.8 Å². The number of hydrogen-bond acceptors (Lipinski definition) is 1. The summed E-state index contributed by atoms with van der Waals surface area (Å²) in [6.45, 7) is 13.4. The minimum atomic E-state index is 0.597. The smallest absolute Gasteiger partial charge is 0.0438 e. The van der Waals surface area contributed by atoms with Crippen molar-refractivity contribution >= 4 is 0 Å². The Morgan fingerprint density at radius 1 is 0.750 bits per heavy atom. The van der Waals surface area contributed by atoms with Crippen molar-refractivity contribution in [1.29, 1.82) is 0 Å². The van der Waals surface area contributed by atoms with Gasteiger partial charge in [0.25, 0.3) is 0 Å². The zero-order valence-electron chi connectivity index (χ0n) is 16.5. The summed E-state index contributed by atoms with van der Waals surface area (Å²) >= 11 is 0. The van der Waals surface area contributed by atoms with Crippen molar-refractivity contribution in [1.82, 2.24) is 4.98 Å². The molecule has 0 N–H and O–H groups in total. The van der Waals surface area contributed by atoms with Crippen LogP contribution < -0.4 is 0 Å². The molecule has 2 rings (SSSR count). The van der Waals surface area contributed by atoms with E-state index < -0.39 is 0 Å². The monoisotopic (exact) mass is 325 g/mol. The van der Waals surface area contributed by atoms with Crippen molar-refractivity contribution in [3.8, 4) is 0 Å². The van der Waals surface area contributed by atoms with Crippen molar-refractivity contribution in [3.63, 3.8) is 0 Å². The minimum Gasteiger partial charge on any atom is -0.261 e. The lowest BCUT2D eigenvalue weighted by atomic mass is 9.95. The van der Waals surface area contributed by atoms with Crippen molar-refractivity contribution in [3.05, 3.63) is 65.0 Å². The van der Waals surface area contributed by atoms with Gasteiger partial charge in [-0.15, -0.1) is 0 Å². The Kier molecular flexibility index (Phi) is 9.37. The molecule has 0 aliphatic carbocycles. The maximum absolute atomic E-state index is 4.39. The summed E-state index contributed by atoms with van der Waals surface area (Å²) in [7, 11) is 0. The van der Waals surface area contributed by atoms with Crippen LogP contribution in [0.1, 0.15) is 88.6 Å². The maximum Gasteiger partial charge on any atom is 0.0438 e. The third-order valence-electron chi connectivity index (χ3n) is 4.23. The van der Waals surface area contributed by atoms with Crippen molar-refractivity contribution in [2.24, 2.45) is 0 Å². The van der Waals surface area contributed by atoms with Gasteiger partial charge in [0.05, 0.1) is 0 Å². The predicted octanol–water partition coefficient (Wildman–Crippen LogP) is 6.92. The first-order valence-corrected chi connectivity index (χ1v) is 9.52. The lowest BCUT2D eigenvalue weighted by molar-refractivity contribution is 0.794. The predicted molar refractivity (Wildman–Crippen MR) is 107 cm³/mol. The molecule has 1 aromatic heterocycles. The van der Waals surface area contributed by atoms with E-state index in [0.717, 1.165) is 6.42 Å². The van der Waals surface area contributed by atoms with Crippen LogP contribution in [0.3, 0.4) is 0 Å². The summed E-state index contributed by atoms with van der Waals surface area (Å²) in [6, 6.07) is 13.0. The number of aromatic nitrogens is 1. The van der Waals surface area contributed by atoms with Gasteiger partial charge in [-0.1, -0.05) is 84.7 Å². The van der Waals surface area contributed by atoms with Gasteiger partial charge in [-0.2, -0.15) is 0 Å². The Balaban J connectivity index is 0.000000240. The van der Waals surface area contributed by atoms with Crippen LogP contribution in [0.25, 0.3) is 0 Å². The van der Waals surface area contributed by atoms with Gasteiger partial charge in [0.2, 0.25) is 0 Å². The van der Waals surface area contributed by atoms with Gasteiger partial charge in [-0.25, -0.2) is 0 Å². The van der Waals surface area contributed by atoms with Crippen molar-refractivity contribution < 1.29 is 0 Å². The first-order valence-electron chi connectivity index (χ1n) is 9.52. The topological polar surface area (TPSA) is 12.9 Å². The second-order valence-electron chi connectivity index (χ2n) is 7.05. The fraction of sp³-hybridized carbons (Fsp3) is 0.522. The molecule has 24 heavy (non-hydrogen) atoms. The van der Waals surface area contributed by atoms with E-state index in [1.165, 1.54) is 41.6 Å². The van der Waals surface area contributed by atoms with E-state index in [1.807, 2.05) is 12.3 Å². The van der Waals surface area contributed by atoms with Crippen LogP contribution in [0.5, 0.6) is 0 Å². The number of benzene rings is 1. The van der Waals surface area contributed by atoms with Gasteiger partial charge in [0.15, 0.2) is 0 Å². The van der Waals surface area contributed by atoms with Crippen LogP contribution in [0.2, 0.25) is 0 Å². The van der Waals surface area contributed by atoms with E-state index in [2.05, 4.69) is 76.9 Å². The molecular weight excluding hydrogens is 290 g/mol. The van der Waals surface area contributed by atoms with Crippen LogP contribution in [0, 0.1) is 0 Å². The molecule has 0 radical (unpaired) electrons. The summed E-state index contributed by atoms with van der Waals surface area (Å²) in [4.78, 5) is 4.39. The van der Waals surface area contributed by atoms with Crippen LogP contribution in [-0.4, -0.2) is 4.98 Å². The number of nitrogens with zero attached hydrogens (tertiary/aromatic N) is 1. The molecule has 0 atom stereocenters. The quantitative estimate of drug-likeness (QED) is 0.561. The maximum atomic E-state index is 4.39. The molecule has 0 saturated heterocycles. The van der Waals surface area contributed by atoms with E-state index in [-0.39, 0.29) is 0 Å². The minimum absolute atomic E-state index is 0.597. The molecule has 1 heteroatoms. The highest BCUT2D eigenvalue weighted by atomic mass is 14.7. The Hall–Kier alpha value is -1.63. The third kappa shape index (κ3) is 6.47. The molecule has 1 nitrogen and oxygen atoms in total. The highest BCUT2D eigenvalue weighted by Gasteiger charge is 2.05. The largest absolute Gasteiger partial charge is 0.261 e. The molecular formula is C23H35N. The van der Waals surface area contributed by atoms with Crippen LogP contribution in [-0.2, 0) is 12.8 Å². The van der Waals surface area contributed by atoms with Gasteiger partial charge in [0, 0.05) is 11.9 Å². The first-order chi connectivity index (χ1) is 11.5. The molecule has 0 aliphatic heterocycles. The van der Waals surface area contributed by atoms with Gasteiger partial charge in [-0.05, 0) is 47.4 Å². The average Bonchev–Trinajstić information content (AvgIpc) is 2.57. The molecule has 1 aromatic carbocycles. The summed E-state index contributed by atoms with van der Waals surface area (Å²) < 4.78 is 0. The summed E-state index contributed by atoms with van der Waals surface area (Å²) in [6.07, 6.45) is 6.63. The number of hydrogen-bond donors (Lipinski definition) is 0. The van der Waals surface area contributed by atoms with Crippen molar-refractivity contribution in [2.75, 3.05) is 0 Å². The molecule has 0 fully saturated rings. The SMILES string of the molecule is CCCc1ccccc1C(C)C.CCCc1ncccc1C(C)C. The zero-order chi connectivity index (χ0) is 17.9. The van der Waals surface area contributed by atoms with E-state index >= 15 is 0 Å². The molecule has 0 aliphatic rings. The lowest BCUT2D eigenvalue weighted by Crippen LogP contribution is -1.98. The summed E-state index contributed by atoms with van der Waals surface area (Å²) in [5.74, 6) is 1.26. The van der Waals surface area contributed by atoms with Gasteiger partial charge < -0.3 is 0 Å². The first kappa shape index (κ1) is 20.4. The van der Waals surface area contributed by atoms with Gasteiger partial charge in [0.1, 0.15) is 0 Å². The third-order valence-corrected chi connectivity index (χ3v) is 4.23. The summed E-state index contributed by atoms with van der Waals surface area (Å²) in [5, 5.41) is 0. The van der Waals surface area contributed by atoms with Crippen LogP contribution >= 0.6 is 0 Å². The summed E-state index contributed by atoms with van der Waals surface area (Å²) in [5.41, 5.74) is 5.71. The van der Waals surface area contributed by atoms with Gasteiger partial charge >= 0.3 is 0 Å². The Labute approximate surface area is 149 Å². The van der Waals surface area contributed by atoms with E-state index in [4.69, 9.17) is 0 Å². The molecule has 0 saturated carbocycles. The van der Waals surface area contributed by atoms with Gasteiger partial charge in [-0.3, -0.25) is 4.98 Å². The zero-order valence-corrected chi connectivity index (χ0v) is 16.5. The fourth-order valence-electron chi connectivity index (χ4n) is 3.02. The Morgan fingerprint density at radius 3 is 1.92 bits per heavy atom. The molecule has 132 valence electrons. The fourth-order valence-corrected chi connectivity index (χ4v) is 3.02. The number of pyridine rings is 1. The lowest BCUT2D eigenvalue weighted by Gasteiger charge is -2.11. The van der Waals surface area contributed by atoms with E-state index in [9.17, 15) is 0 Å². The van der Waals surface area contributed by atoms with Crippen LogP contribution in [0.15, 0.2) is 42.6 Å². The normalized spacial score (nSPS) is 10.7. The van der Waals surface area contributed by atoms with E-state index in [1.54, 1.807) is 0 Å². The standard InChI is InChI=1S/C12H18.C11H17N/c1-4-7-11-8-5-6-9-12(11)10(2)3;1-4-6-11-10(9(2)3)7-5-8-12-11/h5-6,8-10H,4,7H2,1-3H3;5,7-9H,4,6H2,1-3H3. The molecule has 2 aromatic rings. The van der Waals surface area contributed by atoms with Crippen LogP contribution in [0.4, 0.5) is 0 Å². The second kappa shape index (κ2) is 11.0. The highest BCUT2D eigenvalue weighted by Crippen LogP contribution is 2.20. The Bertz CT molecular complexity index is 531. The second-order valence-corrected chi connectivity index (χ2v) is 7.05. The van der Waals surface area contributed by atoms with Crippen molar-refractivity contribution in [2.45, 2.75) is 79.1 Å². The molecule has 0 amide bonds. The number of rotatable bonds is 6. The molecule has 1 heterocycles. The molecule has 0 bridgehead atoms. The molecule has 0 spiro atoms. The Morgan fingerprint density at radius 2 is 1.33 bits per heavy atom. The highest BCUT2D eigenvalue weighted by molar-refractivity contribution is 5.29. The number of aryl methyl sites for hydroxylation is 2.